The van der Waals surface area contributed by atoms with Gasteiger partial charge in [-0.15, -0.1) is 0 Å². The molecule has 19 heavy (non-hydrogen) atoms. The highest BCUT2D eigenvalue weighted by atomic mass is 19.1. The van der Waals surface area contributed by atoms with Crippen LogP contribution < -0.4 is 10.5 Å². The number of rotatable bonds is 5. The average molecular weight is 259 g/mol. The van der Waals surface area contributed by atoms with Gasteiger partial charge in [-0.1, -0.05) is 42.5 Å². The minimum Gasteiger partial charge on any atom is -0.497 e. The van der Waals surface area contributed by atoms with Crippen molar-refractivity contribution in [1.82, 2.24) is 0 Å². The van der Waals surface area contributed by atoms with Gasteiger partial charge >= 0.3 is 0 Å². The second-order valence-electron chi connectivity index (χ2n) is 4.56. The highest BCUT2D eigenvalue weighted by molar-refractivity contribution is 5.32. The van der Waals surface area contributed by atoms with Crippen LogP contribution in [0.5, 0.6) is 5.75 Å². The van der Waals surface area contributed by atoms with E-state index in [1.165, 1.54) is 0 Å². The van der Waals surface area contributed by atoms with Gasteiger partial charge < -0.3 is 10.5 Å². The van der Waals surface area contributed by atoms with Crippen LogP contribution in [0.2, 0.25) is 0 Å². The molecular weight excluding hydrogens is 241 g/mol. The lowest BCUT2D eigenvalue weighted by molar-refractivity contribution is 0.175. The van der Waals surface area contributed by atoms with Crippen molar-refractivity contribution >= 4 is 0 Å². The van der Waals surface area contributed by atoms with Crippen molar-refractivity contribution in [3.05, 3.63) is 65.7 Å². The van der Waals surface area contributed by atoms with Crippen LogP contribution in [0, 0.1) is 0 Å². The number of hydrogen-bond acceptors (Lipinski definition) is 2. The Hall–Kier alpha value is -1.87. The molecule has 0 aliphatic rings. The van der Waals surface area contributed by atoms with Crippen LogP contribution in [0.1, 0.15) is 11.1 Å². The van der Waals surface area contributed by atoms with Crippen LogP contribution in [0.3, 0.4) is 0 Å². The zero-order valence-corrected chi connectivity index (χ0v) is 11.0. The second-order valence-corrected chi connectivity index (χ2v) is 4.56. The zero-order chi connectivity index (χ0) is 13.7. The van der Waals surface area contributed by atoms with E-state index in [1.54, 1.807) is 19.2 Å². The van der Waals surface area contributed by atoms with Crippen molar-refractivity contribution < 1.29 is 9.13 Å². The number of alkyl halides is 1. The zero-order valence-electron chi connectivity index (χ0n) is 11.0. The van der Waals surface area contributed by atoms with Crippen LogP contribution in [0.4, 0.5) is 4.39 Å². The highest BCUT2D eigenvalue weighted by Gasteiger charge is 2.30. The third-order valence-corrected chi connectivity index (χ3v) is 3.23. The van der Waals surface area contributed by atoms with E-state index >= 15 is 4.39 Å². The molecule has 0 amide bonds. The normalized spacial score (nSPS) is 13.8. The van der Waals surface area contributed by atoms with Crippen molar-refractivity contribution in [3.8, 4) is 5.75 Å². The first-order valence-corrected chi connectivity index (χ1v) is 6.25. The van der Waals surface area contributed by atoms with Gasteiger partial charge in [-0.05, 0) is 23.3 Å². The van der Waals surface area contributed by atoms with E-state index in [1.807, 2.05) is 42.5 Å². The first kappa shape index (κ1) is 13.6. The largest absolute Gasteiger partial charge is 0.497 e. The number of nitrogens with two attached hydrogens (primary N) is 1. The summed E-state index contributed by atoms with van der Waals surface area (Å²) in [6, 6.07) is 16.5. The molecule has 0 aromatic heterocycles. The third kappa shape index (κ3) is 3.12. The molecule has 0 saturated heterocycles. The number of ether oxygens (including phenoxy) is 1. The standard InChI is InChI=1S/C16H18FNO/c1-19-15-9-5-6-13(10-15)11-16(17,12-18)14-7-3-2-4-8-14/h2-10H,11-12,18H2,1H3. The number of benzene rings is 2. The van der Waals surface area contributed by atoms with E-state index in [0.717, 1.165) is 11.3 Å². The Kier molecular flexibility index (Phi) is 4.17. The quantitative estimate of drug-likeness (QED) is 0.895. The van der Waals surface area contributed by atoms with Gasteiger partial charge in [0.1, 0.15) is 5.75 Å². The molecule has 0 spiro atoms. The van der Waals surface area contributed by atoms with Crippen molar-refractivity contribution in [2.75, 3.05) is 13.7 Å². The van der Waals surface area contributed by atoms with Crippen molar-refractivity contribution in [2.24, 2.45) is 5.73 Å². The minimum absolute atomic E-state index is 0.0474. The third-order valence-electron chi connectivity index (χ3n) is 3.23. The Morgan fingerprint density at radius 2 is 1.84 bits per heavy atom. The Morgan fingerprint density at radius 1 is 1.11 bits per heavy atom. The monoisotopic (exact) mass is 259 g/mol. The molecular formula is C16H18FNO. The van der Waals surface area contributed by atoms with E-state index in [2.05, 4.69) is 0 Å². The maximum atomic E-state index is 15.0. The molecule has 100 valence electrons. The summed E-state index contributed by atoms with van der Waals surface area (Å²) in [5, 5.41) is 0. The fraction of sp³-hybridized carbons (Fsp3) is 0.250. The maximum Gasteiger partial charge on any atom is 0.152 e. The molecule has 0 aliphatic heterocycles. The van der Waals surface area contributed by atoms with Crippen molar-refractivity contribution in [2.45, 2.75) is 12.1 Å². The van der Waals surface area contributed by atoms with Gasteiger partial charge in [-0.25, -0.2) is 4.39 Å². The molecule has 0 bridgehead atoms. The summed E-state index contributed by atoms with van der Waals surface area (Å²) in [6.07, 6.45) is 0.241. The van der Waals surface area contributed by atoms with E-state index in [0.29, 0.717) is 5.56 Å². The molecule has 0 radical (unpaired) electrons. The average Bonchev–Trinajstić information content (AvgIpc) is 2.48. The molecule has 0 fully saturated rings. The summed E-state index contributed by atoms with van der Waals surface area (Å²) >= 11 is 0. The second kappa shape index (κ2) is 5.85. The molecule has 2 aromatic carbocycles. The Balaban J connectivity index is 2.27. The van der Waals surface area contributed by atoms with E-state index in [9.17, 15) is 0 Å². The van der Waals surface area contributed by atoms with Gasteiger partial charge in [0.15, 0.2) is 5.67 Å². The SMILES string of the molecule is COc1cccc(CC(F)(CN)c2ccccc2)c1. The fourth-order valence-electron chi connectivity index (χ4n) is 2.13. The molecule has 1 unspecified atom stereocenters. The molecule has 1 atom stereocenters. The van der Waals surface area contributed by atoms with Crippen LogP contribution in [-0.2, 0) is 12.1 Å². The Bertz CT molecular complexity index is 529. The summed E-state index contributed by atoms with van der Waals surface area (Å²) in [4.78, 5) is 0. The molecule has 0 saturated carbocycles. The number of hydrogen-bond donors (Lipinski definition) is 1. The smallest absolute Gasteiger partial charge is 0.152 e. The lowest BCUT2D eigenvalue weighted by Gasteiger charge is -2.24. The minimum atomic E-state index is -1.55. The number of methoxy groups -OCH3 is 1. The van der Waals surface area contributed by atoms with Gasteiger partial charge in [0.05, 0.1) is 7.11 Å². The Labute approximate surface area is 113 Å². The lowest BCUT2D eigenvalue weighted by Crippen LogP contribution is -2.32. The van der Waals surface area contributed by atoms with Gasteiger partial charge in [-0.2, -0.15) is 0 Å². The molecule has 2 rings (SSSR count). The van der Waals surface area contributed by atoms with Gasteiger partial charge in [0, 0.05) is 13.0 Å². The molecule has 0 heterocycles. The first-order valence-electron chi connectivity index (χ1n) is 6.25. The van der Waals surface area contributed by atoms with Gasteiger partial charge in [0.25, 0.3) is 0 Å². The van der Waals surface area contributed by atoms with Gasteiger partial charge in [-0.3, -0.25) is 0 Å². The van der Waals surface area contributed by atoms with Crippen LogP contribution >= 0.6 is 0 Å². The fourth-order valence-corrected chi connectivity index (χ4v) is 2.13. The van der Waals surface area contributed by atoms with E-state index in [-0.39, 0.29) is 13.0 Å². The molecule has 0 aliphatic carbocycles. The summed E-state index contributed by atoms with van der Waals surface area (Å²) in [5.74, 6) is 0.727. The summed E-state index contributed by atoms with van der Waals surface area (Å²) in [5.41, 5.74) is 5.59. The topological polar surface area (TPSA) is 35.2 Å². The maximum absolute atomic E-state index is 15.0. The predicted molar refractivity (Wildman–Crippen MR) is 75.0 cm³/mol. The molecule has 3 heteroatoms. The summed E-state index contributed by atoms with van der Waals surface area (Å²) in [7, 11) is 1.60. The molecule has 2 nitrogen and oxygen atoms in total. The number of halogens is 1. The summed E-state index contributed by atoms with van der Waals surface area (Å²) < 4.78 is 20.2. The predicted octanol–water partition coefficient (Wildman–Crippen LogP) is 3.06. The van der Waals surface area contributed by atoms with Crippen LogP contribution in [-0.4, -0.2) is 13.7 Å². The lowest BCUT2D eigenvalue weighted by atomic mass is 9.89. The van der Waals surface area contributed by atoms with E-state index < -0.39 is 5.67 Å². The Morgan fingerprint density at radius 3 is 2.47 bits per heavy atom. The summed E-state index contributed by atoms with van der Waals surface area (Å²) in [6.45, 7) is -0.0474. The van der Waals surface area contributed by atoms with E-state index in [4.69, 9.17) is 10.5 Å². The van der Waals surface area contributed by atoms with Crippen molar-refractivity contribution in [3.63, 3.8) is 0 Å². The first-order chi connectivity index (χ1) is 9.18. The molecule has 2 aromatic rings. The molecule has 2 N–H and O–H groups in total. The van der Waals surface area contributed by atoms with Gasteiger partial charge in [0.2, 0.25) is 0 Å². The highest BCUT2D eigenvalue weighted by Crippen LogP contribution is 2.30. The van der Waals surface area contributed by atoms with Crippen LogP contribution in [0.25, 0.3) is 0 Å². The van der Waals surface area contributed by atoms with Crippen LogP contribution in [0.15, 0.2) is 54.6 Å². The van der Waals surface area contributed by atoms with Crippen molar-refractivity contribution in [1.29, 1.82) is 0 Å².